The van der Waals surface area contributed by atoms with Crippen molar-refractivity contribution < 1.29 is 27.8 Å². The number of ether oxygens (including phenoxy) is 2. The molecular weight excluding hydrogens is 520 g/mol. The van der Waals surface area contributed by atoms with Gasteiger partial charge in [-0.05, 0) is 18.2 Å². The summed E-state index contributed by atoms with van der Waals surface area (Å²) in [5, 5.41) is 9.64. The van der Waals surface area contributed by atoms with Crippen LogP contribution >= 0.6 is 0 Å². The van der Waals surface area contributed by atoms with E-state index in [9.17, 15) is 18.4 Å². The second-order valence-corrected chi connectivity index (χ2v) is 9.23. The maximum Gasteiger partial charge on any atom is 0.269 e. The van der Waals surface area contributed by atoms with Gasteiger partial charge in [-0.25, -0.2) is 18.5 Å². The molecule has 0 aliphatic carbocycles. The number of nitrogens with one attached hydrogen (secondary N) is 2. The predicted octanol–water partition coefficient (Wildman–Crippen LogP) is 3.78. The Kier molecular flexibility index (Phi) is 6.56. The molecule has 0 saturated carbocycles. The summed E-state index contributed by atoms with van der Waals surface area (Å²) in [4.78, 5) is 31.6. The van der Waals surface area contributed by atoms with Crippen LogP contribution in [-0.2, 0) is 16.1 Å². The minimum atomic E-state index is -1.45. The molecule has 2 aliphatic rings. The molecule has 0 radical (unpaired) electrons. The van der Waals surface area contributed by atoms with Gasteiger partial charge >= 0.3 is 0 Å². The minimum absolute atomic E-state index is 0.0398. The highest BCUT2D eigenvalue weighted by molar-refractivity contribution is 6.20. The first-order valence-electron chi connectivity index (χ1n) is 12.5. The van der Waals surface area contributed by atoms with Crippen molar-refractivity contribution in [2.75, 3.05) is 19.0 Å². The summed E-state index contributed by atoms with van der Waals surface area (Å²) in [5.41, 5.74) is 1.31. The standard InChI is InChI=1S/C29H23F2N5O4/c1-39-17-14-36-29(40-15-17)22(25(35-36)18-10-5-6-12-20(18)30)27(37)34-26-28(38)33-24-19(11-7-13-21(24)31)23(32-26)16-8-3-2-4-9-16/h2-13,17,26H,14-15H2,1H3,(H,33,38)(H,34,37)/t17?,26-/m1/s1. The van der Waals surface area contributed by atoms with Crippen LogP contribution in [0.1, 0.15) is 21.5 Å². The lowest BCUT2D eigenvalue weighted by atomic mass is 10.0. The summed E-state index contributed by atoms with van der Waals surface area (Å²) in [6.45, 7) is 0.420. The number of carbonyl (C=O) groups is 2. The van der Waals surface area contributed by atoms with Crippen LogP contribution in [0, 0.1) is 11.6 Å². The average Bonchev–Trinajstić information content (AvgIpc) is 3.28. The van der Waals surface area contributed by atoms with Crippen LogP contribution in [0.2, 0.25) is 0 Å². The Hall–Kier alpha value is -4.90. The molecular formula is C29H23F2N5O4. The summed E-state index contributed by atoms with van der Waals surface area (Å²) in [7, 11) is 1.53. The van der Waals surface area contributed by atoms with Crippen LogP contribution in [0.15, 0.2) is 77.8 Å². The van der Waals surface area contributed by atoms with Crippen molar-refractivity contribution in [3.8, 4) is 17.1 Å². The van der Waals surface area contributed by atoms with Crippen molar-refractivity contribution in [1.82, 2.24) is 15.1 Å². The number of nitrogens with zero attached hydrogens (tertiary/aromatic N) is 3. The van der Waals surface area contributed by atoms with E-state index in [-0.39, 0.29) is 47.6 Å². The molecule has 2 aliphatic heterocycles. The summed E-state index contributed by atoms with van der Waals surface area (Å²) in [5.74, 6) is -2.63. The van der Waals surface area contributed by atoms with Crippen LogP contribution in [-0.4, -0.2) is 53.3 Å². The van der Waals surface area contributed by atoms with Crippen LogP contribution in [0.5, 0.6) is 5.88 Å². The van der Waals surface area contributed by atoms with E-state index in [1.165, 1.54) is 42.1 Å². The second-order valence-electron chi connectivity index (χ2n) is 9.23. The molecule has 0 saturated heterocycles. The van der Waals surface area contributed by atoms with Crippen LogP contribution in [0.3, 0.4) is 0 Å². The monoisotopic (exact) mass is 543 g/mol. The van der Waals surface area contributed by atoms with Gasteiger partial charge in [0.25, 0.3) is 11.8 Å². The Balaban J connectivity index is 1.43. The second kappa shape index (κ2) is 10.3. The van der Waals surface area contributed by atoms with E-state index in [1.54, 1.807) is 36.4 Å². The molecule has 3 heterocycles. The van der Waals surface area contributed by atoms with Gasteiger partial charge in [-0.3, -0.25) is 9.59 Å². The number of benzene rings is 3. The number of carbonyl (C=O) groups excluding carboxylic acids is 2. The maximum absolute atomic E-state index is 14.9. The van der Waals surface area contributed by atoms with Crippen molar-refractivity contribution in [2.45, 2.75) is 18.8 Å². The molecule has 3 aromatic carbocycles. The van der Waals surface area contributed by atoms with Gasteiger partial charge in [-0.15, -0.1) is 0 Å². The Morgan fingerprint density at radius 1 is 1.02 bits per heavy atom. The number of para-hydroxylation sites is 1. The molecule has 0 spiro atoms. The highest BCUT2D eigenvalue weighted by Gasteiger charge is 2.35. The number of hydrogen-bond acceptors (Lipinski definition) is 6. The molecule has 4 aromatic rings. The van der Waals surface area contributed by atoms with Gasteiger partial charge < -0.3 is 20.1 Å². The zero-order valence-electron chi connectivity index (χ0n) is 21.2. The molecule has 40 heavy (non-hydrogen) atoms. The Morgan fingerprint density at radius 2 is 1.75 bits per heavy atom. The van der Waals surface area contributed by atoms with Crippen molar-refractivity contribution in [3.05, 3.63) is 101 Å². The van der Waals surface area contributed by atoms with Crippen molar-refractivity contribution >= 4 is 23.2 Å². The zero-order valence-corrected chi connectivity index (χ0v) is 21.2. The van der Waals surface area contributed by atoms with E-state index in [4.69, 9.17) is 9.47 Å². The van der Waals surface area contributed by atoms with Crippen molar-refractivity contribution in [3.63, 3.8) is 0 Å². The lowest BCUT2D eigenvalue weighted by molar-refractivity contribution is -0.117. The lowest BCUT2D eigenvalue weighted by Crippen LogP contribution is -2.42. The number of aromatic nitrogens is 2. The van der Waals surface area contributed by atoms with Crippen molar-refractivity contribution in [2.24, 2.45) is 4.99 Å². The molecule has 2 amide bonds. The Bertz CT molecular complexity index is 1650. The number of hydrogen-bond donors (Lipinski definition) is 2. The summed E-state index contributed by atoms with van der Waals surface area (Å²) >= 11 is 0. The van der Waals surface area contributed by atoms with E-state index < -0.39 is 29.6 Å². The first kappa shape index (κ1) is 25.4. The van der Waals surface area contributed by atoms with Gasteiger partial charge in [0, 0.05) is 23.8 Å². The van der Waals surface area contributed by atoms with E-state index in [0.29, 0.717) is 16.8 Å². The third kappa shape index (κ3) is 4.50. The topological polar surface area (TPSA) is 107 Å². The van der Waals surface area contributed by atoms with E-state index >= 15 is 0 Å². The third-order valence-electron chi connectivity index (χ3n) is 6.72. The van der Waals surface area contributed by atoms with E-state index in [2.05, 4.69) is 20.7 Å². The zero-order chi connectivity index (χ0) is 27.8. The molecule has 1 unspecified atom stereocenters. The predicted molar refractivity (Wildman–Crippen MR) is 142 cm³/mol. The number of methoxy groups -OCH3 is 1. The van der Waals surface area contributed by atoms with Crippen LogP contribution < -0.4 is 15.4 Å². The van der Waals surface area contributed by atoms with Crippen LogP contribution in [0.4, 0.5) is 14.5 Å². The smallest absolute Gasteiger partial charge is 0.269 e. The molecule has 2 atom stereocenters. The number of amides is 2. The van der Waals surface area contributed by atoms with Gasteiger partial charge in [-0.1, -0.05) is 54.6 Å². The number of halogens is 2. The van der Waals surface area contributed by atoms with Gasteiger partial charge in [0.2, 0.25) is 12.0 Å². The van der Waals surface area contributed by atoms with Gasteiger partial charge in [-0.2, -0.15) is 5.10 Å². The van der Waals surface area contributed by atoms with Crippen molar-refractivity contribution in [1.29, 1.82) is 0 Å². The third-order valence-corrected chi connectivity index (χ3v) is 6.72. The van der Waals surface area contributed by atoms with Gasteiger partial charge in [0.1, 0.15) is 35.6 Å². The normalized spacial score (nSPS) is 18.0. The largest absolute Gasteiger partial charge is 0.474 e. The molecule has 0 bridgehead atoms. The first-order valence-corrected chi connectivity index (χ1v) is 12.5. The minimum Gasteiger partial charge on any atom is -0.474 e. The summed E-state index contributed by atoms with van der Waals surface area (Å²) < 4.78 is 42.3. The summed E-state index contributed by atoms with van der Waals surface area (Å²) in [6.07, 6.45) is -1.77. The highest BCUT2D eigenvalue weighted by atomic mass is 19.1. The Labute approximate surface area is 227 Å². The number of fused-ring (bicyclic) bond motifs is 2. The molecule has 11 heteroatoms. The summed E-state index contributed by atoms with van der Waals surface area (Å²) in [6, 6.07) is 19.2. The number of aliphatic imine (C=N–C) groups is 1. The van der Waals surface area contributed by atoms with Gasteiger partial charge in [0.15, 0.2) is 0 Å². The van der Waals surface area contributed by atoms with E-state index in [1.807, 2.05) is 6.07 Å². The first-order chi connectivity index (χ1) is 19.4. The average molecular weight is 544 g/mol. The number of benzodiazepines with no additional fused rings is 1. The molecule has 202 valence electrons. The fourth-order valence-corrected chi connectivity index (χ4v) is 4.74. The quantitative estimate of drug-likeness (QED) is 0.399. The molecule has 2 N–H and O–H groups in total. The molecule has 1 aromatic heterocycles. The van der Waals surface area contributed by atoms with Gasteiger partial charge in [0.05, 0.1) is 17.9 Å². The number of anilines is 1. The Morgan fingerprint density at radius 3 is 2.52 bits per heavy atom. The fraction of sp³-hybridized carbons (Fsp3) is 0.172. The SMILES string of the molecule is COC1COc2c(C(=O)N[C@H]3N=C(c4ccccc4)c4cccc(F)c4NC3=O)c(-c3ccccc3F)nn2C1. The lowest BCUT2D eigenvalue weighted by Gasteiger charge is -2.23. The molecule has 6 rings (SSSR count). The number of rotatable bonds is 5. The molecule has 9 nitrogen and oxygen atoms in total. The maximum atomic E-state index is 14.9. The van der Waals surface area contributed by atoms with Crippen LogP contribution in [0.25, 0.3) is 11.3 Å². The van der Waals surface area contributed by atoms with E-state index in [0.717, 1.165) is 0 Å². The highest BCUT2D eigenvalue weighted by Crippen LogP contribution is 2.35. The fourth-order valence-electron chi connectivity index (χ4n) is 4.74. The molecule has 0 fully saturated rings.